The molecule has 1 aliphatic heterocycles. The highest BCUT2D eigenvalue weighted by atomic mass is 15.2. The van der Waals surface area contributed by atoms with Gasteiger partial charge in [-0.15, -0.1) is 0 Å². The molecule has 0 spiro atoms. The Hall–Kier alpha value is -0.120. The Balaban J connectivity index is 1.70. The van der Waals surface area contributed by atoms with Gasteiger partial charge in [-0.25, -0.2) is 0 Å². The summed E-state index contributed by atoms with van der Waals surface area (Å²) in [7, 11) is 2.26. The minimum absolute atomic E-state index is 0.361. The van der Waals surface area contributed by atoms with Gasteiger partial charge in [0.25, 0.3) is 0 Å². The van der Waals surface area contributed by atoms with Gasteiger partial charge in [-0.2, -0.15) is 0 Å². The number of nitrogens with zero attached hydrogens (tertiary/aromatic N) is 2. The van der Waals surface area contributed by atoms with E-state index in [-0.39, 0.29) is 0 Å². The van der Waals surface area contributed by atoms with Crippen molar-refractivity contribution in [1.82, 2.24) is 9.80 Å². The second kappa shape index (κ2) is 5.68. The first kappa shape index (κ1) is 13.3. The van der Waals surface area contributed by atoms with E-state index in [0.717, 1.165) is 0 Å². The van der Waals surface area contributed by atoms with Gasteiger partial charge in [0.05, 0.1) is 0 Å². The van der Waals surface area contributed by atoms with E-state index in [1.54, 1.807) is 0 Å². The minimum Gasteiger partial charge on any atom is -0.327 e. The summed E-state index contributed by atoms with van der Waals surface area (Å²) in [5, 5.41) is 0. The molecular formula is C14H29N3. The van der Waals surface area contributed by atoms with Crippen LogP contribution in [0.1, 0.15) is 39.0 Å². The van der Waals surface area contributed by atoms with Crippen molar-refractivity contribution in [1.29, 1.82) is 0 Å². The van der Waals surface area contributed by atoms with E-state index >= 15 is 0 Å². The van der Waals surface area contributed by atoms with Crippen molar-refractivity contribution in [2.75, 3.05) is 39.8 Å². The van der Waals surface area contributed by atoms with E-state index < -0.39 is 0 Å². The first-order chi connectivity index (χ1) is 8.10. The lowest BCUT2D eigenvalue weighted by Gasteiger charge is -2.34. The van der Waals surface area contributed by atoms with Gasteiger partial charge >= 0.3 is 0 Å². The topological polar surface area (TPSA) is 32.5 Å². The summed E-state index contributed by atoms with van der Waals surface area (Å²) < 4.78 is 0. The molecular weight excluding hydrogens is 210 g/mol. The second-order valence-corrected chi connectivity index (χ2v) is 6.44. The summed E-state index contributed by atoms with van der Waals surface area (Å²) in [6.45, 7) is 8.60. The van der Waals surface area contributed by atoms with E-state index in [1.807, 2.05) is 0 Å². The SMILES string of the molecule is CN(CCN1CCCC1)CC1(C)CCCC1N. The third kappa shape index (κ3) is 3.43. The molecule has 0 aromatic heterocycles. The van der Waals surface area contributed by atoms with Crippen molar-refractivity contribution >= 4 is 0 Å². The molecule has 1 heterocycles. The molecule has 1 aliphatic carbocycles. The van der Waals surface area contributed by atoms with Crippen molar-refractivity contribution in [3.63, 3.8) is 0 Å². The molecule has 1 saturated carbocycles. The molecule has 3 heteroatoms. The number of hydrogen-bond donors (Lipinski definition) is 1. The molecule has 2 fully saturated rings. The van der Waals surface area contributed by atoms with Crippen molar-refractivity contribution < 1.29 is 0 Å². The average Bonchev–Trinajstić information content (AvgIpc) is 2.88. The van der Waals surface area contributed by atoms with Gasteiger partial charge in [-0.05, 0) is 51.2 Å². The Labute approximate surface area is 106 Å². The third-order valence-electron chi connectivity index (χ3n) is 4.79. The molecule has 0 aromatic carbocycles. The van der Waals surface area contributed by atoms with Crippen LogP contribution in [0.25, 0.3) is 0 Å². The van der Waals surface area contributed by atoms with E-state index in [1.165, 1.54) is 64.8 Å². The zero-order valence-corrected chi connectivity index (χ0v) is 11.6. The maximum atomic E-state index is 6.24. The maximum Gasteiger partial charge on any atom is 0.0109 e. The van der Waals surface area contributed by atoms with Crippen molar-refractivity contribution in [2.45, 2.75) is 45.1 Å². The first-order valence-electron chi connectivity index (χ1n) is 7.27. The summed E-state index contributed by atoms with van der Waals surface area (Å²) in [6.07, 6.45) is 6.63. The number of likely N-dealkylation sites (N-methyl/N-ethyl adjacent to an activating group) is 1. The van der Waals surface area contributed by atoms with Crippen molar-refractivity contribution in [2.24, 2.45) is 11.1 Å². The fourth-order valence-corrected chi connectivity index (χ4v) is 3.47. The number of likely N-dealkylation sites (tertiary alicyclic amines) is 1. The lowest BCUT2D eigenvalue weighted by molar-refractivity contribution is 0.163. The van der Waals surface area contributed by atoms with Gasteiger partial charge in [0.15, 0.2) is 0 Å². The molecule has 100 valence electrons. The summed E-state index contributed by atoms with van der Waals surface area (Å²) >= 11 is 0. The molecule has 1 saturated heterocycles. The van der Waals surface area contributed by atoms with Crippen LogP contribution in [-0.2, 0) is 0 Å². The summed E-state index contributed by atoms with van der Waals surface area (Å²) in [5.41, 5.74) is 6.60. The quantitative estimate of drug-likeness (QED) is 0.790. The third-order valence-corrected chi connectivity index (χ3v) is 4.79. The van der Waals surface area contributed by atoms with Gasteiger partial charge in [0.2, 0.25) is 0 Å². The van der Waals surface area contributed by atoms with Crippen LogP contribution in [0.15, 0.2) is 0 Å². The summed E-state index contributed by atoms with van der Waals surface area (Å²) in [6, 6.07) is 0.414. The monoisotopic (exact) mass is 239 g/mol. The molecule has 2 unspecified atom stereocenters. The second-order valence-electron chi connectivity index (χ2n) is 6.44. The molecule has 17 heavy (non-hydrogen) atoms. The summed E-state index contributed by atoms with van der Waals surface area (Å²) in [5.74, 6) is 0. The molecule has 2 atom stereocenters. The first-order valence-corrected chi connectivity index (χ1v) is 7.27. The van der Waals surface area contributed by atoms with Crippen LogP contribution in [0, 0.1) is 5.41 Å². The molecule has 0 radical (unpaired) electrons. The highest BCUT2D eigenvalue weighted by molar-refractivity contribution is 4.93. The minimum atomic E-state index is 0.361. The van der Waals surface area contributed by atoms with Gasteiger partial charge in [0.1, 0.15) is 0 Å². The van der Waals surface area contributed by atoms with Crippen LogP contribution in [-0.4, -0.2) is 55.6 Å². The Morgan fingerprint density at radius 2 is 2.00 bits per heavy atom. The Bertz CT molecular complexity index is 238. The van der Waals surface area contributed by atoms with Crippen LogP contribution >= 0.6 is 0 Å². The highest BCUT2D eigenvalue weighted by Crippen LogP contribution is 2.37. The van der Waals surface area contributed by atoms with Gasteiger partial charge in [-0.3, -0.25) is 0 Å². The molecule has 2 aliphatic rings. The normalized spacial score (nSPS) is 34.9. The number of hydrogen-bond acceptors (Lipinski definition) is 3. The number of rotatable bonds is 5. The van der Waals surface area contributed by atoms with E-state index in [4.69, 9.17) is 5.73 Å². The fraction of sp³-hybridized carbons (Fsp3) is 1.00. The van der Waals surface area contributed by atoms with Crippen LogP contribution in [0.2, 0.25) is 0 Å². The molecule has 3 nitrogen and oxygen atoms in total. The molecule has 2 rings (SSSR count). The largest absolute Gasteiger partial charge is 0.327 e. The molecule has 0 amide bonds. The zero-order chi connectivity index (χ0) is 12.3. The maximum absolute atomic E-state index is 6.24. The van der Waals surface area contributed by atoms with Gasteiger partial charge in [-0.1, -0.05) is 13.3 Å². The number of nitrogens with two attached hydrogens (primary N) is 1. The highest BCUT2D eigenvalue weighted by Gasteiger charge is 2.36. The lowest BCUT2D eigenvalue weighted by atomic mass is 9.85. The lowest BCUT2D eigenvalue weighted by Crippen LogP contribution is -2.44. The van der Waals surface area contributed by atoms with E-state index in [9.17, 15) is 0 Å². The van der Waals surface area contributed by atoms with Crippen LogP contribution in [0.4, 0.5) is 0 Å². The Morgan fingerprint density at radius 1 is 1.29 bits per heavy atom. The Kier molecular flexibility index (Phi) is 4.45. The molecule has 0 bridgehead atoms. The Morgan fingerprint density at radius 3 is 2.59 bits per heavy atom. The summed E-state index contributed by atoms with van der Waals surface area (Å²) in [4.78, 5) is 5.08. The predicted molar refractivity (Wildman–Crippen MR) is 73.1 cm³/mol. The van der Waals surface area contributed by atoms with Crippen molar-refractivity contribution in [3.05, 3.63) is 0 Å². The smallest absolute Gasteiger partial charge is 0.0109 e. The van der Waals surface area contributed by atoms with Crippen LogP contribution in [0.5, 0.6) is 0 Å². The standard InChI is InChI=1S/C14H29N3/c1-14(7-5-6-13(14)15)12-16(2)10-11-17-8-3-4-9-17/h13H,3-12,15H2,1-2H3. The average molecular weight is 239 g/mol. The van der Waals surface area contributed by atoms with Crippen molar-refractivity contribution in [3.8, 4) is 0 Å². The fourth-order valence-electron chi connectivity index (χ4n) is 3.47. The predicted octanol–water partition coefficient (Wildman–Crippen LogP) is 1.53. The van der Waals surface area contributed by atoms with Crippen LogP contribution in [0.3, 0.4) is 0 Å². The molecule has 0 aromatic rings. The van der Waals surface area contributed by atoms with E-state index in [2.05, 4.69) is 23.8 Å². The van der Waals surface area contributed by atoms with Gasteiger partial charge < -0.3 is 15.5 Å². The van der Waals surface area contributed by atoms with Gasteiger partial charge in [0, 0.05) is 25.7 Å². The van der Waals surface area contributed by atoms with E-state index in [0.29, 0.717) is 11.5 Å². The van der Waals surface area contributed by atoms with Crippen LogP contribution < -0.4 is 5.73 Å². The molecule has 2 N–H and O–H groups in total. The zero-order valence-electron chi connectivity index (χ0n) is 11.6.